The number of carbonyl (C=O) groups excluding carboxylic acids is 2. The summed E-state index contributed by atoms with van der Waals surface area (Å²) < 4.78 is 0. The monoisotopic (exact) mass is 282 g/mol. The van der Waals surface area contributed by atoms with Crippen LogP contribution in [0.15, 0.2) is 54.6 Å². The largest absolute Gasteiger partial charge is 0.300 e. The van der Waals surface area contributed by atoms with Crippen LogP contribution in [-0.2, 0) is 0 Å². The van der Waals surface area contributed by atoms with Crippen LogP contribution in [-0.4, -0.2) is 19.3 Å². The first kappa shape index (κ1) is 14.4. The number of rotatable bonds is 4. The summed E-state index contributed by atoms with van der Waals surface area (Å²) in [5.41, 5.74) is 1.08. The van der Waals surface area contributed by atoms with Crippen LogP contribution in [0.25, 0.3) is 0 Å². The van der Waals surface area contributed by atoms with E-state index in [1.165, 1.54) is 6.92 Å². The third-order valence-electron chi connectivity index (χ3n) is 3.61. The normalized spacial score (nSPS) is 11.2. The van der Waals surface area contributed by atoms with Gasteiger partial charge in [-0.1, -0.05) is 72.9 Å². The topological polar surface area (TPSA) is 34.1 Å². The molecule has 0 radical (unpaired) electrons. The molecule has 0 aliphatic rings. The first-order valence-electron chi connectivity index (χ1n) is 6.65. The van der Waals surface area contributed by atoms with Crippen LogP contribution in [0.2, 0.25) is 13.1 Å². The fourth-order valence-electron chi connectivity index (χ4n) is 2.31. The van der Waals surface area contributed by atoms with Gasteiger partial charge in [0.15, 0.2) is 13.9 Å². The first-order valence-corrected chi connectivity index (χ1v) is 9.65. The Kier molecular flexibility index (Phi) is 4.00. The van der Waals surface area contributed by atoms with Gasteiger partial charge in [-0.25, -0.2) is 0 Å². The molecule has 3 heteroatoms. The Bertz CT molecular complexity index is 645. The summed E-state index contributed by atoms with van der Waals surface area (Å²) in [6.45, 7) is 5.56. The quantitative estimate of drug-likeness (QED) is 0.637. The second-order valence-corrected chi connectivity index (χ2v) is 9.70. The van der Waals surface area contributed by atoms with Crippen LogP contribution in [0, 0.1) is 0 Å². The van der Waals surface area contributed by atoms with E-state index in [0.29, 0.717) is 11.1 Å². The summed E-state index contributed by atoms with van der Waals surface area (Å²) in [6, 6.07) is 17.0. The van der Waals surface area contributed by atoms with E-state index in [2.05, 4.69) is 0 Å². The molecular formula is C17H18O2Si. The minimum absolute atomic E-state index is 0.0631. The second kappa shape index (κ2) is 5.55. The third-order valence-corrected chi connectivity index (χ3v) is 6.80. The Labute approximate surface area is 120 Å². The fourth-order valence-corrected chi connectivity index (χ4v) is 4.49. The number of Topliss-reactive ketones (excluding diaryl/α,β-unsaturated/α-hetero) is 1. The van der Waals surface area contributed by atoms with E-state index in [-0.39, 0.29) is 11.2 Å². The number of ketones is 1. The average molecular weight is 282 g/mol. The van der Waals surface area contributed by atoms with Crippen LogP contribution in [0.5, 0.6) is 0 Å². The van der Waals surface area contributed by atoms with Crippen molar-refractivity contribution in [1.82, 2.24) is 0 Å². The minimum atomic E-state index is -2.29. The van der Waals surface area contributed by atoms with Crippen LogP contribution in [0.1, 0.15) is 27.6 Å². The van der Waals surface area contributed by atoms with Crippen molar-refractivity contribution in [3.8, 4) is 0 Å². The van der Waals surface area contributed by atoms with E-state index in [1.54, 1.807) is 18.2 Å². The molecule has 2 aromatic carbocycles. The SMILES string of the molecule is CC(=O)c1ccccc1C(=O)[Si](C)(C)c1ccccc1. The smallest absolute Gasteiger partial charge is 0.163 e. The van der Waals surface area contributed by atoms with Crippen molar-refractivity contribution in [2.45, 2.75) is 20.0 Å². The Morgan fingerprint density at radius 2 is 1.30 bits per heavy atom. The lowest BCUT2D eigenvalue weighted by Gasteiger charge is -2.22. The molecular weight excluding hydrogens is 264 g/mol. The zero-order valence-corrected chi connectivity index (χ0v) is 13.0. The maximum atomic E-state index is 12.9. The van der Waals surface area contributed by atoms with Gasteiger partial charge in [0.05, 0.1) is 0 Å². The highest BCUT2D eigenvalue weighted by molar-refractivity contribution is 7.14. The maximum absolute atomic E-state index is 12.9. The Morgan fingerprint density at radius 1 is 0.800 bits per heavy atom. The van der Waals surface area contributed by atoms with Gasteiger partial charge >= 0.3 is 0 Å². The summed E-state index contributed by atoms with van der Waals surface area (Å²) in [4.78, 5) is 24.6. The predicted octanol–water partition coefficient (Wildman–Crippen LogP) is 3.23. The number of carbonyl (C=O) groups is 2. The fraction of sp³-hybridized carbons (Fsp3) is 0.176. The molecule has 0 aliphatic heterocycles. The van der Waals surface area contributed by atoms with Gasteiger partial charge in [0, 0.05) is 11.1 Å². The van der Waals surface area contributed by atoms with Gasteiger partial charge in [0.25, 0.3) is 0 Å². The van der Waals surface area contributed by atoms with Gasteiger partial charge in [-0.05, 0) is 6.92 Å². The number of hydrogen-bond acceptors (Lipinski definition) is 2. The Hall–Kier alpha value is -2.00. The van der Waals surface area contributed by atoms with E-state index < -0.39 is 8.07 Å². The molecule has 102 valence electrons. The molecule has 0 heterocycles. The van der Waals surface area contributed by atoms with Gasteiger partial charge in [0.2, 0.25) is 0 Å². The summed E-state index contributed by atoms with van der Waals surface area (Å²) in [5, 5.41) is 1.19. The van der Waals surface area contributed by atoms with E-state index in [4.69, 9.17) is 0 Å². The van der Waals surface area contributed by atoms with E-state index >= 15 is 0 Å². The lowest BCUT2D eigenvalue weighted by molar-refractivity contribution is 0.0999. The molecule has 0 saturated heterocycles. The van der Waals surface area contributed by atoms with Gasteiger partial charge < -0.3 is 0 Å². The van der Waals surface area contributed by atoms with Crippen molar-refractivity contribution in [3.63, 3.8) is 0 Å². The summed E-state index contributed by atoms with van der Waals surface area (Å²) in [5.74, 6) is -0.0631. The minimum Gasteiger partial charge on any atom is -0.300 e. The van der Waals surface area contributed by atoms with Gasteiger partial charge in [-0.15, -0.1) is 0 Å². The molecule has 0 N–H and O–H groups in total. The van der Waals surface area contributed by atoms with Crippen molar-refractivity contribution in [2.24, 2.45) is 0 Å². The Morgan fingerprint density at radius 3 is 1.85 bits per heavy atom. The zero-order valence-electron chi connectivity index (χ0n) is 12.0. The highest BCUT2D eigenvalue weighted by Gasteiger charge is 2.34. The van der Waals surface area contributed by atoms with Crippen LogP contribution in [0.3, 0.4) is 0 Å². The number of benzene rings is 2. The molecule has 0 saturated carbocycles. The van der Waals surface area contributed by atoms with E-state index in [9.17, 15) is 9.59 Å². The molecule has 2 nitrogen and oxygen atoms in total. The molecule has 0 aromatic heterocycles. The molecule has 0 fully saturated rings. The van der Waals surface area contributed by atoms with Crippen LogP contribution >= 0.6 is 0 Å². The lowest BCUT2D eigenvalue weighted by atomic mass is 10.1. The van der Waals surface area contributed by atoms with Gasteiger partial charge in [-0.3, -0.25) is 9.59 Å². The Balaban J connectivity index is 2.49. The highest BCUT2D eigenvalue weighted by Crippen LogP contribution is 2.17. The molecule has 2 rings (SSSR count). The van der Waals surface area contributed by atoms with Crippen LogP contribution in [0.4, 0.5) is 0 Å². The van der Waals surface area contributed by atoms with Crippen molar-refractivity contribution in [3.05, 3.63) is 65.7 Å². The standard InChI is InChI=1S/C17H18O2Si/c1-13(18)15-11-7-8-12-16(15)17(19)20(2,3)14-9-5-4-6-10-14/h4-12H,1-3H3. The molecule has 2 aromatic rings. The van der Waals surface area contributed by atoms with Crippen LogP contribution < -0.4 is 5.19 Å². The summed E-state index contributed by atoms with van der Waals surface area (Å²) in [7, 11) is -2.29. The highest BCUT2D eigenvalue weighted by atomic mass is 28.3. The lowest BCUT2D eigenvalue weighted by Crippen LogP contribution is -2.50. The van der Waals surface area contributed by atoms with E-state index in [0.717, 1.165) is 5.19 Å². The van der Waals surface area contributed by atoms with E-state index in [1.807, 2.05) is 49.5 Å². The molecule has 0 atom stereocenters. The molecule has 0 bridgehead atoms. The predicted molar refractivity (Wildman–Crippen MR) is 84.3 cm³/mol. The number of hydrogen-bond donors (Lipinski definition) is 0. The van der Waals surface area contributed by atoms with Gasteiger partial charge in [0.1, 0.15) is 5.41 Å². The van der Waals surface area contributed by atoms with Crippen molar-refractivity contribution >= 4 is 24.5 Å². The maximum Gasteiger partial charge on any atom is 0.163 e. The molecule has 0 amide bonds. The molecule has 0 aliphatic carbocycles. The zero-order chi connectivity index (χ0) is 14.8. The van der Waals surface area contributed by atoms with Gasteiger partial charge in [-0.2, -0.15) is 0 Å². The molecule has 0 unspecified atom stereocenters. The second-order valence-electron chi connectivity index (χ2n) is 5.42. The van der Waals surface area contributed by atoms with Crippen molar-refractivity contribution in [1.29, 1.82) is 0 Å². The molecule has 20 heavy (non-hydrogen) atoms. The third kappa shape index (κ3) is 2.63. The summed E-state index contributed by atoms with van der Waals surface area (Å²) in [6.07, 6.45) is 0. The summed E-state index contributed by atoms with van der Waals surface area (Å²) >= 11 is 0. The van der Waals surface area contributed by atoms with Crippen molar-refractivity contribution < 1.29 is 9.59 Å². The van der Waals surface area contributed by atoms with Crippen molar-refractivity contribution in [2.75, 3.05) is 0 Å². The average Bonchev–Trinajstić information content (AvgIpc) is 2.47. The first-order chi connectivity index (χ1) is 9.44. The molecule has 0 spiro atoms.